The van der Waals surface area contributed by atoms with Crippen molar-refractivity contribution in [3.8, 4) is 5.69 Å². The minimum atomic E-state index is -3.90. The van der Waals surface area contributed by atoms with E-state index in [1.54, 1.807) is 42.9 Å². The molecule has 0 N–H and O–H groups in total. The van der Waals surface area contributed by atoms with E-state index in [1.165, 1.54) is 22.9 Å². The van der Waals surface area contributed by atoms with Gasteiger partial charge in [0.15, 0.2) is 0 Å². The number of nitrogens with zero attached hydrogens (tertiary/aromatic N) is 3. The van der Waals surface area contributed by atoms with Gasteiger partial charge in [0, 0.05) is 17.6 Å². The number of para-hydroxylation sites is 1. The van der Waals surface area contributed by atoms with Gasteiger partial charge in [0.25, 0.3) is 5.56 Å². The van der Waals surface area contributed by atoms with E-state index in [0.29, 0.717) is 11.4 Å². The van der Waals surface area contributed by atoms with Crippen LogP contribution in [0.5, 0.6) is 0 Å². The topological polar surface area (TPSA) is 64.3 Å². The molecule has 0 aliphatic rings. The molecule has 0 bridgehead atoms. The van der Waals surface area contributed by atoms with E-state index < -0.39 is 21.4 Å². The fourth-order valence-corrected chi connectivity index (χ4v) is 4.16. The van der Waals surface area contributed by atoms with Crippen molar-refractivity contribution in [3.63, 3.8) is 0 Å². The second kappa shape index (κ2) is 7.44. The van der Waals surface area contributed by atoms with Crippen LogP contribution in [0.3, 0.4) is 0 Å². The Balaban J connectivity index is 2.22. The molecule has 3 rings (SSSR count). The van der Waals surface area contributed by atoms with Crippen LogP contribution in [0.2, 0.25) is 5.02 Å². The Kier molecular flexibility index (Phi) is 5.36. The van der Waals surface area contributed by atoms with Crippen LogP contribution >= 0.6 is 11.6 Å². The fourth-order valence-electron chi connectivity index (χ4n) is 3.03. The Morgan fingerprint density at radius 1 is 1.11 bits per heavy atom. The molecule has 148 valence electrons. The van der Waals surface area contributed by atoms with E-state index in [9.17, 15) is 17.6 Å². The number of benzene rings is 2. The number of rotatable bonds is 5. The summed E-state index contributed by atoms with van der Waals surface area (Å²) < 4.78 is 43.1. The quantitative estimate of drug-likeness (QED) is 0.632. The highest BCUT2D eigenvalue weighted by atomic mass is 35.5. The summed E-state index contributed by atoms with van der Waals surface area (Å²) in [6.45, 7) is 1.25. The molecule has 0 saturated carbocycles. The van der Waals surface area contributed by atoms with Crippen molar-refractivity contribution in [2.45, 2.75) is 13.5 Å². The second-order valence-electron chi connectivity index (χ2n) is 6.38. The maximum Gasteiger partial charge on any atom is 0.296 e. The molecule has 0 saturated heterocycles. The first-order valence-corrected chi connectivity index (χ1v) is 10.6. The van der Waals surface area contributed by atoms with Crippen LogP contribution < -0.4 is 9.86 Å². The van der Waals surface area contributed by atoms with Crippen LogP contribution in [-0.4, -0.2) is 24.0 Å². The smallest absolute Gasteiger partial charge is 0.283 e. The lowest BCUT2D eigenvalue weighted by Gasteiger charge is -2.22. The van der Waals surface area contributed by atoms with Crippen LogP contribution in [0.25, 0.3) is 5.69 Å². The average Bonchev–Trinajstić information content (AvgIpc) is 2.84. The molecule has 3 aromatic rings. The summed E-state index contributed by atoms with van der Waals surface area (Å²) in [5, 5.41) is 0.0885. The van der Waals surface area contributed by atoms with Crippen LogP contribution in [0.4, 0.5) is 10.1 Å². The lowest BCUT2D eigenvalue weighted by Crippen LogP contribution is -2.34. The van der Waals surface area contributed by atoms with Crippen molar-refractivity contribution in [1.82, 2.24) is 9.36 Å². The Labute approximate surface area is 167 Å². The molecule has 28 heavy (non-hydrogen) atoms. The molecule has 0 unspecified atom stereocenters. The third-order valence-electron chi connectivity index (χ3n) is 4.54. The minimum absolute atomic E-state index is 0.00325. The molecular weight excluding hydrogens is 405 g/mol. The van der Waals surface area contributed by atoms with E-state index in [2.05, 4.69) is 0 Å². The molecule has 1 aromatic heterocycles. The molecule has 0 radical (unpaired) electrons. The Bertz CT molecular complexity index is 1170. The van der Waals surface area contributed by atoms with Gasteiger partial charge in [-0.3, -0.25) is 13.8 Å². The summed E-state index contributed by atoms with van der Waals surface area (Å²) in [6.07, 6.45) is 0.973. The Morgan fingerprint density at radius 2 is 1.75 bits per heavy atom. The van der Waals surface area contributed by atoms with E-state index in [-0.39, 0.29) is 22.8 Å². The molecule has 0 spiro atoms. The van der Waals surface area contributed by atoms with Gasteiger partial charge in [-0.1, -0.05) is 35.9 Å². The third-order valence-corrected chi connectivity index (χ3v) is 6.00. The van der Waals surface area contributed by atoms with Crippen LogP contribution in [-0.2, 0) is 23.6 Å². The fraction of sp³-hybridized carbons (Fsp3) is 0.211. The summed E-state index contributed by atoms with van der Waals surface area (Å²) in [6, 6.07) is 12.9. The summed E-state index contributed by atoms with van der Waals surface area (Å²) >= 11 is 6.07. The average molecular weight is 424 g/mol. The number of aromatic nitrogens is 2. The van der Waals surface area contributed by atoms with Crippen LogP contribution in [0.1, 0.15) is 11.3 Å². The van der Waals surface area contributed by atoms with E-state index in [4.69, 9.17) is 11.6 Å². The summed E-state index contributed by atoms with van der Waals surface area (Å²) in [5.41, 5.74) is 0.439. The first-order chi connectivity index (χ1) is 13.1. The molecule has 0 fully saturated rings. The normalized spacial score (nSPS) is 11.6. The van der Waals surface area contributed by atoms with Crippen molar-refractivity contribution in [1.29, 1.82) is 0 Å². The maximum absolute atomic E-state index is 14.3. The number of sulfonamides is 1. The van der Waals surface area contributed by atoms with Gasteiger partial charge in [-0.05, 0) is 31.2 Å². The summed E-state index contributed by atoms with van der Waals surface area (Å²) in [5.74, 6) is -0.641. The lowest BCUT2D eigenvalue weighted by molar-refractivity contribution is 0.590. The zero-order valence-electron chi connectivity index (χ0n) is 15.6. The maximum atomic E-state index is 14.3. The zero-order valence-corrected chi connectivity index (χ0v) is 17.1. The molecular formula is C19H19ClFN3O3S. The minimum Gasteiger partial charge on any atom is -0.283 e. The van der Waals surface area contributed by atoms with E-state index in [1.807, 2.05) is 6.07 Å². The molecule has 9 heteroatoms. The van der Waals surface area contributed by atoms with Gasteiger partial charge >= 0.3 is 0 Å². The first-order valence-electron chi connectivity index (χ1n) is 8.37. The molecule has 2 aromatic carbocycles. The number of hydrogen-bond donors (Lipinski definition) is 0. The van der Waals surface area contributed by atoms with Crippen molar-refractivity contribution in [2.75, 3.05) is 10.6 Å². The first kappa shape index (κ1) is 20.2. The molecule has 1 heterocycles. The predicted octanol–water partition coefficient (Wildman–Crippen LogP) is 3.24. The predicted molar refractivity (Wildman–Crippen MR) is 108 cm³/mol. The molecule has 0 aliphatic heterocycles. The van der Waals surface area contributed by atoms with Crippen LogP contribution in [0.15, 0.2) is 53.3 Å². The highest BCUT2D eigenvalue weighted by molar-refractivity contribution is 7.92. The van der Waals surface area contributed by atoms with Crippen molar-refractivity contribution in [2.24, 2.45) is 7.05 Å². The van der Waals surface area contributed by atoms with E-state index >= 15 is 0 Å². The van der Waals surface area contributed by atoms with Gasteiger partial charge in [-0.2, -0.15) is 0 Å². The van der Waals surface area contributed by atoms with Crippen molar-refractivity contribution >= 4 is 27.3 Å². The SMILES string of the molecule is Cc1c(N(Cc2c(F)cccc2Cl)S(C)(=O)=O)c(=O)n(-c2ccccc2)n1C. The number of halogens is 2. The number of hydrogen-bond acceptors (Lipinski definition) is 3. The van der Waals surface area contributed by atoms with Gasteiger partial charge in [-0.25, -0.2) is 17.5 Å². The standard InChI is InChI=1S/C19H19ClFN3O3S/c1-13-18(19(25)24(22(13)2)14-8-5-4-6-9-14)23(28(3,26)27)12-15-16(20)10-7-11-17(15)21/h4-11H,12H2,1-3H3. The van der Waals surface area contributed by atoms with E-state index in [0.717, 1.165) is 10.6 Å². The zero-order chi connectivity index (χ0) is 20.6. The number of anilines is 1. The third kappa shape index (κ3) is 3.57. The van der Waals surface area contributed by atoms with Gasteiger partial charge in [0.2, 0.25) is 10.0 Å². The molecule has 6 nitrogen and oxygen atoms in total. The Hall–Kier alpha value is -2.58. The summed E-state index contributed by atoms with van der Waals surface area (Å²) in [7, 11) is -2.24. The highest BCUT2D eigenvalue weighted by Gasteiger charge is 2.29. The highest BCUT2D eigenvalue weighted by Crippen LogP contribution is 2.27. The molecule has 0 aliphatic carbocycles. The monoisotopic (exact) mass is 423 g/mol. The summed E-state index contributed by atoms with van der Waals surface area (Å²) in [4.78, 5) is 13.2. The molecule has 0 atom stereocenters. The van der Waals surface area contributed by atoms with Gasteiger partial charge in [-0.15, -0.1) is 0 Å². The van der Waals surface area contributed by atoms with Crippen LogP contribution in [0, 0.1) is 12.7 Å². The second-order valence-corrected chi connectivity index (χ2v) is 8.69. The van der Waals surface area contributed by atoms with Gasteiger partial charge in [0.1, 0.15) is 11.5 Å². The van der Waals surface area contributed by atoms with Crippen molar-refractivity contribution < 1.29 is 12.8 Å². The lowest BCUT2D eigenvalue weighted by atomic mass is 10.2. The largest absolute Gasteiger partial charge is 0.296 e. The van der Waals surface area contributed by atoms with Gasteiger partial charge < -0.3 is 0 Å². The van der Waals surface area contributed by atoms with Gasteiger partial charge in [0.05, 0.1) is 24.2 Å². The molecule has 0 amide bonds. The van der Waals surface area contributed by atoms with Crippen molar-refractivity contribution in [3.05, 3.63) is 81.0 Å². The Morgan fingerprint density at radius 3 is 2.32 bits per heavy atom.